The third-order valence-electron chi connectivity index (χ3n) is 4.26. The largest absolute Gasteiger partial charge is 0.463 e. The lowest BCUT2D eigenvalue weighted by Gasteiger charge is -2.32. The number of morpholine rings is 1. The molecule has 1 aromatic heterocycles. The van der Waals surface area contributed by atoms with E-state index in [2.05, 4.69) is 22.3 Å². The Morgan fingerprint density at radius 2 is 2.04 bits per heavy atom. The van der Waals surface area contributed by atoms with Crippen molar-refractivity contribution >= 4 is 11.9 Å². The number of carbonyl (C=O) groups excluding carboxylic acids is 2. The Hall–Kier alpha value is -2.64. The van der Waals surface area contributed by atoms with Gasteiger partial charge in [0.25, 0.3) is 5.91 Å². The van der Waals surface area contributed by atoms with Gasteiger partial charge in [-0.15, -0.1) is 0 Å². The second-order valence-corrected chi connectivity index (χ2v) is 6.38. The molecule has 1 N–H and O–H groups in total. The molecule has 2 aromatic rings. The molecule has 1 atom stereocenters. The van der Waals surface area contributed by atoms with Gasteiger partial charge in [0.2, 0.25) is 0 Å². The molecule has 1 saturated heterocycles. The van der Waals surface area contributed by atoms with Crippen molar-refractivity contribution in [2.75, 3.05) is 32.8 Å². The van der Waals surface area contributed by atoms with Crippen molar-refractivity contribution in [3.05, 3.63) is 60.1 Å². The maximum absolute atomic E-state index is 11.9. The molecule has 1 amide bonds. The van der Waals surface area contributed by atoms with E-state index in [1.54, 1.807) is 12.1 Å². The average molecular weight is 372 g/mol. The van der Waals surface area contributed by atoms with E-state index in [-0.39, 0.29) is 43.3 Å². The number of rotatable bonds is 8. The van der Waals surface area contributed by atoms with Crippen LogP contribution in [0.1, 0.15) is 22.5 Å². The van der Waals surface area contributed by atoms with Crippen LogP contribution in [0.2, 0.25) is 0 Å². The first kappa shape index (κ1) is 19.1. The Morgan fingerprint density at radius 1 is 1.19 bits per heavy atom. The second kappa shape index (κ2) is 9.89. The number of esters is 1. The van der Waals surface area contributed by atoms with Crippen molar-refractivity contribution in [1.82, 2.24) is 10.2 Å². The molecule has 7 heteroatoms. The smallest absolute Gasteiger partial charge is 0.307 e. The molecule has 0 bridgehead atoms. The first-order valence-corrected chi connectivity index (χ1v) is 9.06. The molecule has 3 rings (SSSR count). The SMILES string of the molecule is O=C(CCNC(=O)c1ccco1)OCC1CN(Cc2ccccc2)CCO1. The maximum Gasteiger partial charge on any atom is 0.307 e. The third kappa shape index (κ3) is 6.23. The Kier molecular flexibility index (Phi) is 7.01. The highest BCUT2D eigenvalue weighted by Crippen LogP contribution is 2.11. The molecule has 0 radical (unpaired) electrons. The monoisotopic (exact) mass is 372 g/mol. The number of amides is 1. The molecule has 2 heterocycles. The summed E-state index contributed by atoms with van der Waals surface area (Å²) < 4.78 is 16.0. The summed E-state index contributed by atoms with van der Waals surface area (Å²) in [7, 11) is 0. The summed E-state index contributed by atoms with van der Waals surface area (Å²) in [5.41, 5.74) is 1.25. The fourth-order valence-corrected chi connectivity index (χ4v) is 2.90. The van der Waals surface area contributed by atoms with Crippen LogP contribution in [-0.4, -0.2) is 55.7 Å². The van der Waals surface area contributed by atoms with E-state index in [9.17, 15) is 9.59 Å². The fraction of sp³-hybridized carbons (Fsp3) is 0.400. The van der Waals surface area contributed by atoms with Gasteiger partial charge in [-0.1, -0.05) is 30.3 Å². The van der Waals surface area contributed by atoms with E-state index < -0.39 is 0 Å². The molecule has 144 valence electrons. The number of nitrogens with zero attached hydrogens (tertiary/aromatic N) is 1. The minimum Gasteiger partial charge on any atom is -0.463 e. The molecule has 1 aliphatic heterocycles. The number of furan rings is 1. The van der Waals surface area contributed by atoms with Crippen LogP contribution in [-0.2, 0) is 20.8 Å². The lowest BCUT2D eigenvalue weighted by Crippen LogP contribution is -2.44. The van der Waals surface area contributed by atoms with Gasteiger partial charge >= 0.3 is 5.97 Å². The molecule has 0 saturated carbocycles. The van der Waals surface area contributed by atoms with Crippen molar-refractivity contribution in [2.45, 2.75) is 19.1 Å². The van der Waals surface area contributed by atoms with E-state index in [0.29, 0.717) is 6.61 Å². The van der Waals surface area contributed by atoms with E-state index in [0.717, 1.165) is 19.6 Å². The van der Waals surface area contributed by atoms with Crippen LogP contribution < -0.4 is 5.32 Å². The van der Waals surface area contributed by atoms with Crippen molar-refractivity contribution in [3.8, 4) is 0 Å². The van der Waals surface area contributed by atoms with Crippen LogP contribution in [0.15, 0.2) is 53.1 Å². The van der Waals surface area contributed by atoms with Crippen molar-refractivity contribution in [3.63, 3.8) is 0 Å². The molecule has 1 fully saturated rings. The first-order valence-electron chi connectivity index (χ1n) is 9.06. The summed E-state index contributed by atoms with van der Waals surface area (Å²) in [5, 5.41) is 2.62. The highest BCUT2D eigenvalue weighted by atomic mass is 16.6. The maximum atomic E-state index is 11.9. The minimum atomic E-state index is -0.362. The molecule has 1 aliphatic rings. The molecule has 0 spiro atoms. The predicted octanol–water partition coefficient (Wildman–Crippen LogP) is 1.84. The van der Waals surface area contributed by atoms with Crippen LogP contribution in [0, 0.1) is 0 Å². The summed E-state index contributed by atoms with van der Waals surface area (Å²) >= 11 is 0. The number of benzene rings is 1. The quantitative estimate of drug-likeness (QED) is 0.712. The average Bonchev–Trinajstić information content (AvgIpc) is 3.22. The molecule has 0 aliphatic carbocycles. The van der Waals surface area contributed by atoms with E-state index >= 15 is 0 Å². The van der Waals surface area contributed by atoms with Gasteiger partial charge < -0.3 is 19.2 Å². The summed E-state index contributed by atoms with van der Waals surface area (Å²) in [5.74, 6) is -0.490. The summed E-state index contributed by atoms with van der Waals surface area (Å²) in [6, 6.07) is 13.5. The normalized spacial score (nSPS) is 17.4. The van der Waals surface area contributed by atoms with Gasteiger partial charge in [-0.05, 0) is 17.7 Å². The number of hydrogen-bond donors (Lipinski definition) is 1. The van der Waals surface area contributed by atoms with E-state index in [1.807, 2.05) is 18.2 Å². The van der Waals surface area contributed by atoms with Crippen LogP contribution in [0.3, 0.4) is 0 Å². The Bertz CT molecular complexity index is 717. The van der Waals surface area contributed by atoms with Gasteiger partial charge in [0.1, 0.15) is 12.7 Å². The highest BCUT2D eigenvalue weighted by molar-refractivity contribution is 5.91. The lowest BCUT2D eigenvalue weighted by molar-refractivity contribution is -0.150. The molecule has 7 nitrogen and oxygen atoms in total. The first-order chi connectivity index (χ1) is 13.2. The summed E-state index contributed by atoms with van der Waals surface area (Å²) in [6.07, 6.45) is 1.39. The number of hydrogen-bond acceptors (Lipinski definition) is 6. The van der Waals surface area contributed by atoms with Crippen molar-refractivity contribution in [1.29, 1.82) is 0 Å². The topological polar surface area (TPSA) is 81.0 Å². The van der Waals surface area contributed by atoms with Gasteiger partial charge in [0, 0.05) is 26.2 Å². The zero-order valence-electron chi connectivity index (χ0n) is 15.1. The molecular weight excluding hydrogens is 348 g/mol. The third-order valence-corrected chi connectivity index (χ3v) is 4.26. The zero-order chi connectivity index (χ0) is 18.9. The minimum absolute atomic E-state index is 0.104. The van der Waals surface area contributed by atoms with Crippen molar-refractivity contribution < 1.29 is 23.5 Å². The Balaban J connectivity index is 1.33. The number of nitrogens with one attached hydrogen (secondary N) is 1. The molecule has 1 aromatic carbocycles. The van der Waals surface area contributed by atoms with Gasteiger partial charge in [-0.2, -0.15) is 0 Å². The second-order valence-electron chi connectivity index (χ2n) is 6.38. The van der Waals surface area contributed by atoms with Gasteiger partial charge in [-0.3, -0.25) is 14.5 Å². The van der Waals surface area contributed by atoms with Crippen molar-refractivity contribution in [2.24, 2.45) is 0 Å². The Morgan fingerprint density at radius 3 is 2.81 bits per heavy atom. The summed E-state index contributed by atoms with van der Waals surface area (Å²) in [6.45, 7) is 3.47. The van der Waals surface area contributed by atoms with Gasteiger partial charge in [-0.25, -0.2) is 0 Å². The number of carbonyl (C=O) groups is 2. The Labute approximate surface area is 158 Å². The highest BCUT2D eigenvalue weighted by Gasteiger charge is 2.22. The summed E-state index contributed by atoms with van der Waals surface area (Å²) in [4.78, 5) is 25.8. The van der Waals surface area contributed by atoms with Crippen LogP contribution in [0.25, 0.3) is 0 Å². The molecule has 1 unspecified atom stereocenters. The standard InChI is InChI=1S/C20H24N2O5/c23-19(8-9-21-20(24)18-7-4-11-26-18)27-15-17-14-22(10-12-25-17)13-16-5-2-1-3-6-16/h1-7,11,17H,8-10,12-15H2,(H,21,24). The fourth-order valence-electron chi connectivity index (χ4n) is 2.90. The van der Waals surface area contributed by atoms with Crippen LogP contribution >= 0.6 is 0 Å². The van der Waals surface area contributed by atoms with Gasteiger partial charge in [0.05, 0.1) is 19.3 Å². The molecular formula is C20H24N2O5. The van der Waals surface area contributed by atoms with Gasteiger partial charge in [0.15, 0.2) is 5.76 Å². The van der Waals surface area contributed by atoms with E-state index in [4.69, 9.17) is 13.9 Å². The number of ether oxygens (including phenoxy) is 2. The van der Waals surface area contributed by atoms with E-state index in [1.165, 1.54) is 11.8 Å². The van der Waals surface area contributed by atoms with Crippen LogP contribution in [0.4, 0.5) is 0 Å². The molecule has 27 heavy (non-hydrogen) atoms. The zero-order valence-corrected chi connectivity index (χ0v) is 15.1. The predicted molar refractivity (Wildman–Crippen MR) is 98.1 cm³/mol. The lowest BCUT2D eigenvalue weighted by atomic mass is 10.2. The van der Waals surface area contributed by atoms with Crippen LogP contribution in [0.5, 0.6) is 0 Å².